The van der Waals surface area contributed by atoms with Crippen molar-refractivity contribution in [3.05, 3.63) is 34.3 Å². The number of hydrogen-bond acceptors (Lipinski definition) is 2. The van der Waals surface area contributed by atoms with Gasteiger partial charge in [0, 0.05) is 30.1 Å². The fourth-order valence-corrected chi connectivity index (χ4v) is 2.88. The Hall–Kier alpha value is -1.76. The minimum Gasteiger partial charge on any atom is -0.481 e. The number of aliphatic carboxylic acids is 1. The van der Waals surface area contributed by atoms with Gasteiger partial charge in [-0.15, -0.1) is 0 Å². The number of halogens is 4. The second-order valence-corrected chi connectivity index (χ2v) is 6.00. The van der Waals surface area contributed by atoms with Gasteiger partial charge in [-0.3, -0.25) is 9.59 Å². The molecule has 0 saturated carbocycles. The van der Waals surface area contributed by atoms with Crippen LogP contribution in [0.25, 0.3) is 0 Å². The van der Waals surface area contributed by atoms with Gasteiger partial charge in [0.25, 0.3) is 5.91 Å². The predicted molar refractivity (Wildman–Crippen MR) is 77.3 cm³/mol. The van der Waals surface area contributed by atoms with E-state index in [1.165, 1.54) is 11.0 Å². The molecule has 1 aliphatic rings. The summed E-state index contributed by atoms with van der Waals surface area (Å²) in [7, 11) is 0. The molecule has 0 bridgehead atoms. The van der Waals surface area contributed by atoms with Gasteiger partial charge in [-0.05, 0) is 37.0 Å². The van der Waals surface area contributed by atoms with E-state index in [2.05, 4.69) is 0 Å². The second kappa shape index (κ2) is 6.78. The van der Waals surface area contributed by atoms with E-state index in [1.54, 1.807) is 0 Å². The predicted octanol–water partition coefficient (Wildman–Crippen LogP) is 3.69. The monoisotopic (exact) mass is 349 g/mol. The highest BCUT2D eigenvalue weighted by Crippen LogP contribution is 2.32. The van der Waals surface area contributed by atoms with Gasteiger partial charge in [0.1, 0.15) is 0 Å². The van der Waals surface area contributed by atoms with E-state index < -0.39 is 23.6 Å². The van der Waals surface area contributed by atoms with Crippen LogP contribution >= 0.6 is 11.6 Å². The summed E-state index contributed by atoms with van der Waals surface area (Å²) in [4.78, 5) is 24.4. The molecule has 1 fully saturated rings. The Kier molecular flexibility index (Phi) is 5.19. The molecule has 0 aromatic heterocycles. The molecule has 0 aliphatic carbocycles. The molecule has 0 atom stereocenters. The summed E-state index contributed by atoms with van der Waals surface area (Å²) in [6.07, 6.45) is -3.50. The maximum Gasteiger partial charge on any atom is 0.416 e. The van der Waals surface area contributed by atoms with Crippen LogP contribution in [0.5, 0.6) is 0 Å². The Labute approximate surface area is 135 Å². The highest BCUT2D eigenvalue weighted by atomic mass is 35.5. The quantitative estimate of drug-likeness (QED) is 0.905. The highest BCUT2D eigenvalue weighted by Gasteiger charge is 2.32. The first-order valence-electron chi connectivity index (χ1n) is 7.05. The molecule has 1 aromatic rings. The molecule has 8 heteroatoms. The molecule has 0 radical (unpaired) electrons. The lowest BCUT2D eigenvalue weighted by Crippen LogP contribution is -2.39. The summed E-state index contributed by atoms with van der Waals surface area (Å²) < 4.78 is 38.4. The third kappa shape index (κ3) is 4.60. The Bertz CT molecular complexity index is 610. The van der Waals surface area contributed by atoms with Crippen molar-refractivity contribution in [1.29, 1.82) is 0 Å². The zero-order chi connectivity index (χ0) is 17.2. The number of benzene rings is 1. The van der Waals surface area contributed by atoms with E-state index in [4.69, 9.17) is 16.7 Å². The number of rotatable bonds is 3. The van der Waals surface area contributed by atoms with Crippen LogP contribution in [-0.4, -0.2) is 35.0 Å². The molecule has 1 aromatic carbocycles. The molecule has 1 heterocycles. The van der Waals surface area contributed by atoms with Gasteiger partial charge in [0.15, 0.2) is 0 Å². The van der Waals surface area contributed by atoms with Gasteiger partial charge < -0.3 is 10.0 Å². The van der Waals surface area contributed by atoms with Crippen molar-refractivity contribution in [2.24, 2.45) is 5.92 Å². The summed E-state index contributed by atoms with van der Waals surface area (Å²) in [6, 6.07) is 2.78. The Morgan fingerprint density at radius 2 is 1.83 bits per heavy atom. The average Bonchev–Trinajstić information content (AvgIpc) is 2.45. The summed E-state index contributed by atoms with van der Waals surface area (Å²) in [5.41, 5.74) is -1.07. The number of nitrogens with zero attached hydrogens (tertiary/aromatic N) is 1. The van der Waals surface area contributed by atoms with Crippen LogP contribution < -0.4 is 0 Å². The molecule has 0 unspecified atom stereocenters. The molecular weight excluding hydrogens is 335 g/mol. The van der Waals surface area contributed by atoms with E-state index >= 15 is 0 Å². The highest BCUT2D eigenvalue weighted by molar-refractivity contribution is 6.31. The van der Waals surface area contributed by atoms with E-state index in [-0.39, 0.29) is 22.9 Å². The average molecular weight is 350 g/mol. The number of alkyl halides is 3. The molecule has 1 aliphatic heterocycles. The van der Waals surface area contributed by atoms with Crippen molar-refractivity contribution in [1.82, 2.24) is 4.90 Å². The normalized spacial score (nSPS) is 16.4. The maximum atomic E-state index is 12.8. The molecule has 0 spiro atoms. The zero-order valence-corrected chi connectivity index (χ0v) is 12.8. The van der Waals surface area contributed by atoms with Gasteiger partial charge in [-0.25, -0.2) is 0 Å². The van der Waals surface area contributed by atoms with Gasteiger partial charge in [0.2, 0.25) is 0 Å². The van der Waals surface area contributed by atoms with E-state index in [9.17, 15) is 22.8 Å². The van der Waals surface area contributed by atoms with Crippen LogP contribution in [0, 0.1) is 5.92 Å². The van der Waals surface area contributed by atoms with E-state index in [0.717, 1.165) is 12.1 Å². The molecule has 23 heavy (non-hydrogen) atoms. The zero-order valence-electron chi connectivity index (χ0n) is 12.1. The van der Waals surface area contributed by atoms with Crippen LogP contribution in [-0.2, 0) is 11.0 Å². The smallest absolute Gasteiger partial charge is 0.416 e. The fourth-order valence-electron chi connectivity index (χ4n) is 2.65. The minimum absolute atomic E-state index is 0.0124. The lowest BCUT2D eigenvalue weighted by Gasteiger charge is -2.31. The van der Waals surface area contributed by atoms with E-state index in [0.29, 0.717) is 25.9 Å². The number of carbonyl (C=O) groups excluding carboxylic acids is 1. The van der Waals surface area contributed by atoms with Crippen molar-refractivity contribution >= 4 is 23.5 Å². The third-order valence-corrected chi connectivity index (χ3v) is 4.06. The summed E-state index contributed by atoms with van der Waals surface area (Å²) in [6.45, 7) is 0.648. The molecule has 4 nitrogen and oxygen atoms in total. The van der Waals surface area contributed by atoms with Crippen molar-refractivity contribution in [2.45, 2.75) is 25.4 Å². The minimum atomic E-state index is -4.57. The molecular formula is C15H15ClF3NO3. The molecule has 1 amide bonds. The largest absolute Gasteiger partial charge is 0.481 e. The molecule has 1 N–H and O–H groups in total. The van der Waals surface area contributed by atoms with Crippen LogP contribution in [0.15, 0.2) is 18.2 Å². The lowest BCUT2D eigenvalue weighted by molar-refractivity contribution is -0.139. The number of carboxylic acid groups (broad SMARTS) is 1. The van der Waals surface area contributed by atoms with Crippen molar-refractivity contribution in [3.8, 4) is 0 Å². The maximum absolute atomic E-state index is 12.8. The SMILES string of the molecule is O=C(O)CC1CCN(C(=O)c2cc(Cl)cc(C(F)(F)F)c2)CC1. The molecule has 1 saturated heterocycles. The number of amides is 1. The fraction of sp³-hybridized carbons (Fsp3) is 0.467. The van der Waals surface area contributed by atoms with Crippen molar-refractivity contribution in [2.75, 3.05) is 13.1 Å². The first-order valence-corrected chi connectivity index (χ1v) is 7.43. The number of likely N-dealkylation sites (tertiary alicyclic amines) is 1. The Morgan fingerprint density at radius 3 is 2.35 bits per heavy atom. The summed E-state index contributed by atoms with van der Waals surface area (Å²) in [5, 5.41) is 8.61. The van der Waals surface area contributed by atoms with Crippen molar-refractivity contribution in [3.63, 3.8) is 0 Å². The van der Waals surface area contributed by atoms with Gasteiger partial charge >= 0.3 is 12.1 Å². The van der Waals surface area contributed by atoms with Gasteiger partial charge in [0.05, 0.1) is 5.56 Å². The van der Waals surface area contributed by atoms with Crippen LogP contribution in [0.4, 0.5) is 13.2 Å². The Morgan fingerprint density at radius 1 is 1.22 bits per heavy atom. The molecule has 126 valence electrons. The topological polar surface area (TPSA) is 57.6 Å². The number of hydrogen-bond donors (Lipinski definition) is 1. The summed E-state index contributed by atoms with van der Waals surface area (Å²) in [5.74, 6) is -1.42. The lowest BCUT2D eigenvalue weighted by atomic mass is 9.93. The number of carbonyl (C=O) groups is 2. The first kappa shape index (κ1) is 17.6. The Balaban J connectivity index is 2.10. The van der Waals surface area contributed by atoms with Crippen molar-refractivity contribution < 1.29 is 27.9 Å². The standard InChI is InChI=1S/C15H15ClF3NO3/c16-12-7-10(6-11(8-12)15(17,18)19)14(23)20-3-1-9(2-4-20)5-13(21)22/h6-9H,1-5H2,(H,21,22). The van der Waals surface area contributed by atoms with Gasteiger partial charge in [-0.1, -0.05) is 11.6 Å². The van der Waals surface area contributed by atoms with Crippen LogP contribution in [0.3, 0.4) is 0 Å². The summed E-state index contributed by atoms with van der Waals surface area (Å²) >= 11 is 5.68. The number of piperidine rings is 1. The van der Waals surface area contributed by atoms with Gasteiger partial charge in [-0.2, -0.15) is 13.2 Å². The van der Waals surface area contributed by atoms with E-state index in [1.807, 2.05) is 0 Å². The third-order valence-electron chi connectivity index (χ3n) is 3.84. The van der Waals surface area contributed by atoms with Crippen LogP contribution in [0.1, 0.15) is 35.2 Å². The number of carboxylic acids is 1. The first-order chi connectivity index (χ1) is 10.7. The van der Waals surface area contributed by atoms with Crippen LogP contribution in [0.2, 0.25) is 5.02 Å². The second-order valence-electron chi connectivity index (χ2n) is 5.56. The molecule has 2 rings (SSSR count).